The molecule has 1 saturated carbocycles. The number of rotatable bonds is 8. The van der Waals surface area contributed by atoms with Gasteiger partial charge < -0.3 is 19.8 Å². The standard InChI is InChI=1S/C20H25N3O6S/c1-5-29-20(25)17-11(2)18(21-12(17)3)19(24)22-15-10-14(8-9-16(15)28-4)30(26,27)23-13-6-7-13/h8-10,13,21,23H,5-7H2,1-4H3,(H,22,24). The molecule has 0 unspecified atom stereocenters. The first-order valence-corrected chi connectivity index (χ1v) is 11.0. The van der Waals surface area contributed by atoms with E-state index in [0.29, 0.717) is 22.6 Å². The molecule has 1 aliphatic rings. The molecular weight excluding hydrogens is 410 g/mol. The molecule has 0 spiro atoms. The van der Waals surface area contributed by atoms with Crippen LogP contribution in [0.5, 0.6) is 5.75 Å². The normalized spacial score (nSPS) is 13.7. The third-order valence-corrected chi connectivity index (χ3v) is 6.29. The first-order valence-electron chi connectivity index (χ1n) is 9.56. The summed E-state index contributed by atoms with van der Waals surface area (Å²) in [5.41, 5.74) is 1.64. The highest BCUT2D eigenvalue weighted by Gasteiger charge is 2.29. The Hall–Kier alpha value is -2.85. The van der Waals surface area contributed by atoms with Crippen molar-refractivity contribution < 1.29 is 27.5 Å². The number of hydrogen-bond donors (Lipinski definition) is 3. The van der Waals surface area contributed by atoms with E-state index >= 15 is 0 Å². The van der Waals surface area contributed by atoms with Gasteiger partial charge in [-0.1, -0.05) is 0 Å². The fraction of sp³-hybridized carbons (Fsp3) is 0.400. The average molecular weight is 436 g/mol. The quantitative estimate of drug-likeness (QED) is 0.547. The summed E-state index contributed by atoms with van der Waals surface area (Å²) < 4.78 is 37.9. The summed E-state index contributed by atoms with van der Waals surface area (Å²) in [4.78, 5) is 28.0. The maximum Gasteiger partial charge on any atom is 0.340 e. The van der Waals surface area contributed by atoms with Crippen LogP contribution in [0.1, 0.15) is 51.9 Å². The number of sulfonamides is 1. The number of aromatic nitrogens is 1. The zero-order chi connectivity index (χ0) is 22.1. The van der Waals surface area contributed by atoms with Gasteiger partial charge in [-0.15, -0.1) is 0 Å². The van der Waals surface area contributed by atoms with Crippen LogP contribution in [0.4, 0.5) is 5.69 Å². The van der Waals surface area contributed by atoms with Gasteiger partial charge in [-0.2, -0.15) is 0 Å². The summed E-state index contributed by atoms with van der Waals surface area (Å²) in [5, 5.41) is 2.67. The molecule has 0 radical (unpaired) electrons. The Labute approximate surface area is 175 Å². The van der Waals surface area contributed by atoms with E-state index in [1.165, 1.54) is 25.3 Å². The molecule has 1 amide bonds. The molecule has 1 aromatic heterocycles. The minimum atomic E-state index is -3.70. The third-order valence-electron chi connectivity index (χ3n) is 4.77. The Morgan fingerprint density at radius 1 is 1.23 bits per heavy atom. The maximum atomic E-state index is 12.9. The number of H-pyrrole nitrogens is 1. The van der Waals surface area contributed by atoms with Gasteiger partial charge in [-0.05, 0) is 57.4 Å². The average Bonchev–Trinajstić information content (AvgIpc) is 3.43. The zero-order valence-corrected chi connectivity index (χ0v) is 18.1. The van der Waals surface area contributed by atoms with Crippen LogP contribution >= 0.6 is 0 Å². The summed E-state index contributed by atoms with van der Waals surface area (Å²) in [5.74, 6) is -0.742. The van der Waals surface area contributed by atoms with Gasteiger partial charge in [-0.3, -0.25) is 4.79 Å². The smallest absolute Gasteiger partial charge is 0.340 e. The van der Waals surface area contributed by atoms with Crippen LogP contribution < -0.4 is 14.8 Å². The Balaban J connectivity index is 1.90. The number of anilines is 1. The largest absolute Gasteiger partial charge is 0.495 e. The minimum absolute atomic E-state index is 0.0251. The molecule has 1 aliphatic carbocycles. The predicted molar refractivity (Wildman–Crippen MR) is 111 cm³/mol. The fourth-order valence-corrected chi connectivity index (χ4v) is 4.44. The van der Waals surface area contributed by atoms with Crippen molar-refractivity contribution in [3.05, 3.63) is 40.7 Å². The highest BCUT2D eigenvalue weighted by molar-refractivity contribution is 7.89. The van der Waals surface area contributed by atoms with Gasteiger partial charge >= 0.3 is 5.97 Å². The topological polar surface area (TPSA) is 127 Å². The maximum absolute atomic E-state index is 12.9. The molecule has 162 valence electrons. The van der Waals surface area contributed by atoms with Gasteiger partial charge in [0.2, 0.25) is 10.0 Å². The molecule has 3 rings (SSSR count). The van der Waals surface area contributed by atoms with E-state index in [4.69, 9.17) is 9.47 Å². The minimum Gasteiger partial charge on any atom is -0.495 e. The summed E-state index contributed by atoms with van der Waals surface area (Å²) in [6, 6.07) is 4.20. The van der Waals surface area contributed by atoms with Gasteiger partial charge in [0.05, 0.1) is 29.9 Å². The number of aromatic amines is 1. The number of hydrogen-bond acceptors (Lipinski definition) is 6. The molecule has 3 N–H and O–H groups in total. The van der Waals surface area contributed by atoms with E-state index in [9.17, 15) is 18.0 Å². The lowest BCUT2D eigenvalue weighted by molar-refractivity contribution is 0.0525. The first kappa shape index (κ1) is 21.8. The van der Waals surface area contributed by atoms with E-state index in [-0.39, 0.29) is 28.9 Å². The van der Waals surface area contributed by atoms with Crippen molar-refractivity contribution in [1.82, 2.24) is 9.71 Å². The molecule has 2 aromatic rings. The van der Waals surface area contributed by atoms with Gasteiger partial charge in [0.25, 0.3) is 5.91 Å². The Morgan fingerprint density at radius 2 is 1.93 bits per heavy atom. The Kier molecular flexibility index (Phi) is 6.18. The number of aryl methyl sites for hydroxylation is 1. The molecule has 0 atom stereocenters. The van der Waals surface area contributed by atoms with Crippen molar-refractivity contribution in [2.45, 2.75) is 44.6 Å². The third kappa shape index (κ3) is 4.49. The van der Waals surface area contributed by atoms with Gasteiger partial charge in [0.1, 0.15) is 11.4 Å². The molecule has 10 heteroatoms. The van der Waals surface area contributed by atoms with Crippen LogP contribution in [-0.4, -0.2) is 45.0 Å². The molecule has 0 saturated heterocycles. The lowest BCUT2D eigenvalue weighted by atomic mass is 10.1. The van der Waals surface area contributed by atoms with Crippen LogP contribution in [0.15, 0.2) is 23.1 Å². The lowest BCUT2D eigenvalue weighted by Crippen LogP contribution is -2.26. The van der Waals surface area contributed by atoms with E-state index in [2.05, 4.69) is 15.0 Å². The van der Waals surface area contributed by atoms with Crippen molar-refractivity contribution in [1.29, 1.82) is 0 Å². The number of carbonyl (C=O) groups is 2. The van der Waals surface area contributed by atoms with E-state index in [1.54, 1.807) is 20.8 Å². The van der Waals surface area contributed by atoms with Gasteiger partial charge in [-0.25, -0.2) is 17.9 Å². The summed E-state index contributed by atoms with van der Waals surface area (Å²) in [6.45, 7) is 5.24. The molecule has 1 aromatic carbocycles. The van der Waals surface area contributed by atoms with E-state index < -0.39 is 21.9 Å². The number of methoxy groups -OCH3 is 1. The van der Waals surface area contributed by atoms with Crippen molar-refractivity contribution in [2.75, 3.05) is 19.0 Å². The summed E-state index contributed by atoms with van der Waals surface area (Å²) in [6.07, 6.45) is 1.63. The molecule has 1 heterocycles. The van der Waals surface area contributed by atoms with E-state index in [1.807, 2.05) is 0 Å². The fourth-order valence-electron chi connectivity index (χ4n) is 3.11. The summed E-state index contributed by atoms with van der Waals surface area (Å²) >= 11 is 0. The first-order chi connectivity index (χ1) is 14.2. The highest BCUT2D eigenvalue weighted by atomic mass is 32.2. The molecule has 0 aliphatic heterocycles. The van der Waals surface area contributed by atoms with E-state index in [0.717, 1.165) is 12.8 Å². The zero-order valence-electron chi connectivity index (χ0n) is 17.3. The van der Waals surface area contributed by atoms with Crippen LogP contribution in [0.25, 0.3) is 0 Å². The van der Waals surface area contributed by atoms with Crippen molar-refractivity contribution >= 4 is 27.6 Å². The monoisotopic (exact) mass is 435 g/mol. The molecule has 30 heavy (non-hydrogen) atoms. The van der Waals surface area contributed by atoms with Crippen molar-refractivity contribution in [2.24, 2.45) is 0 Å². The Morgan fingerprint density at radius 3 is 2.53 bits per heavy atom. The second-order valence-electron chi connectivity index (χ2n) is 7.06. The SMILES string of the molecule is CCOC(=O)c1c(C)[nH]c(C(=O)Nc2cc(S(=O)(=O)NC3CC3)ccc2OC)c1C. The van der Waals surface area contributed by atoms with Crippen molar-refractivity contribution in [3.8, 4) is 5.75 Å². The second-order valence-corrected chi connectivity index (χ2v) is 8.77. The van der Waals surface area contributed by atoms with Crippen LogP contribution in [0, 0.1) is 13.8 Å². The van der Waals surface area contributed by atoms with Crippen LogP contribution in [-0.2, 0) is 14.8 Å². The number of amides is 1. The number of ether oxygens (including phenoxy) is 2. The van der Waals surface area contributed by atoms with Crippen molar-refractivity contribution in [3.63, 3.8) is 0 Å². The number of esters is 1. The molecule has 0 bridgehead atoms. The number of carbonyl (C=O) groups excluding carboxylic acids is 2. The number of nitrogens with one attached hydrogen (secondary N) is 3. The molecule has 1 fully saturated rings. The summed E-state index contributed by atoms with van der Waals surface area (Å²) in [7, 11) is -2.28. The Bertz CT molecular complexity index is 1090. The lowest BCUT2D eigenvalue weighted by Gasteiger charge is -2.13. The van der Waals surface area contributed by atoms with Crippen LogP contribution in [0.3, 0.4) is 0 Å². The highest BCUT2D eigenvalue weighted by Crippen LogP contribution is 2.30. The second kappa shape index (κ2) is 8.49. The van der Waals surface area contributed by atoms with Crippen LogP contribution in [0.2, 0.25) is 0 Å². The molecular formula is C20H25N3O6S. The predicted octanol–water partition coefficient (Wildman–Crippen LogP) is 2.51. The number of benzene rings is 1. The van der Waals surface area contributed by atoms with Gasteiger partial charge in [0, 0.05) is 11.7 Å². The molecule has 9 nitrogen and oxygen atoms in total. The van der Waals surface area contributed by atoms with Gasteiger partial charge in [0.15, 0.2) is 0 Å².